The van der Waals surface area contributed by atoms with Crippen molar-refractivity contribution in [2.45, 2.75) is 122 Å². The molecule has 0 saturated carbocycles. The number of carbonyl (C=O) groups is 2. The van der Waals surface area contributed by atoms with E-state index in [9.17, 15) is 19.8 Å². The summed E-state index contributed by atoms with van der Waals surface area (Å²) in [7, 11) is 0. The van der Waals surface area contributed by atoms with Gasteiger partial charge in [0.15, 0.2) is 11.4 Å². The van der Waals surface area contributed by atoms with E-state index in [1.807, 2.05) is 0 Å². The Hall–Kier alpha value is -0.900. The maximum atomic E-state index is 11.6. The lowest BCUT2D eigenvalue weighted by molar-refractivity contribution is -0.320. The fraction of sp³-hybridized carbons (Fsp3) is 0.905. The first-order valence-electron chi connectivity index (χ1n) is 10.4. The summed E-state index contributed by atoms with van der Waals surface area (Å²) in [6.07, 6.45) is 18.7. The van der Waals surface area contributed by atoms with Gasteiger partial charge in [-0.15, -0.1) is 0 Å². The van der Waals surface area contributed by atoms with Crippen molar-refractivity contribution in [1.29, 1.82) is 0 Å². The number of hydrogen-bond donors (Lipinski definition) is 1. The highest BCUT2D eigenvalue weighted by Crippen LogP contribution is 2.15. The van der Waals surface area contributed by atoms with Gasteiger partial charge in [-0.25, -0.2) is 0 Å². The van der Waals surface area contributed by atoms with Gasteiger partial charge in [0.25, 0.3) is 0 Å². The molecule has 0 spiro atoms. The van der Waals surface area contributed by atoms with Crippen LogP contribution in [0, 0.1) is 0 Å². The van der Waals surface area contributed by atoms with Crippen molar-refractivity contribution in [2.75, 3.05) is 0 Å². The molecule has 0 amide bonds. The standard InChI is InChI=1S/C21H40O4/c1-3-4-5-6-7-8-9-10-11-12-13-14-15-16-17-18-19(22)21(2,25)20(23)24/h25H,3-18H2,1-2H3,(H,23,24)/p-1. The minimum atomic E-state index is -2.34. The third-order valence-corrected chi connectivity index (χ3v) is 4.95. The van der Waals surface area contributed by atoms with E-state index in [4.69, 9.17) is 0 Å². The number of aliphatic hydroxyl groups is 1. The van der Waals surface area contributed by atoms with Gasteiger partial charge in [-0.2, -0.15) is 0 Å². The van der Waals surface area contributed by atoms with Gasteiger partial charge in [0, 0.05) is 6.42 Å². The fourth-order valence-electron chi connectivity index (χ4n) is 3.01. The van der Waals surface area contributed by atoms with Crippen LogP contribution >= 0.6 is 0 Å². The van der Waals surface area contributed by atoms with Crippen molar-refractivity contribution in [1.82, 2.24) is 0 Å². The molecule has 0 bridgehead atoms. The highest BCUT2D eigenvalue weighted by Gasteiger charge is 2.30. The maximum Gasteiger partial charge on any atom is 0.169 e. The Bertz CT molecular complexity index is 350. The van der Waals surface area contributed by atoms with Crippen LogP contribution in [-0.4, -0.2) is 22.5 Å². The first-order valence-corrected chi connectivity index (χ1v) is 10.4. The number of ketones is 1. The van der Waals surface area contributed by atoms with Gasteiger partial charge >= 0.3 is 0 Å². The van der Waals surface area contributed by atoms with E-state index in [1.165, 1.54) is 77.0 Å². The zero-order valence-corrected chi connectivity index (χ0v) is 16.5. The summed E-state index contributed by atoms with van der Waals surface area (Å²) in [5.74, 6) is -2.36. The Balaban J connectivity index is 3.29. The quantitative estimate of drug-likeness (QED) is 0.293. The van der Waals surface area contributed by atoms with Crippen molar-refractivity contribution in [2.24, 2.45) is 0 Å². The van der Waals surface area contributed by atoms with Crippen LogP contribution in [0.5, 0.6) is 0 Å². The van der Waals surface area contributed by atoms with E-state index < -0.39 is 17.4 Å². The van der Waals surface area contributed by atoms with Crippen molar-refractivity contribution in [3.8, 4) is 0 Å². The molecule has 0 aromatic heterocycles. The molecule has 0 radical (unpaired) electrons. The zero-order valence-electron chi connectivity index (χ0n) is 16.5. The first-order chi connectivity index (χ1) is 11.9. The number of carboxylic acids is 1. The largest absolute Gasteiger partial charge is 0.547 e. The molecule has 4 heteroatoms. The average molecular weight is 356 g/mol. The van der Waals surface area contributed by atoms with E-state index in [-0.39, 0.29) is 6.42 Å². The molecular formula is C21H39O4-. The Morgan fingerprint density at radius 3 is 1.36 bits per heavy atom. The van der Waals surface area contributed by atoms with E-state index >= 15 is 0 Å². The number of aliphatic carboxylic acids is 1. The number of rotatable bonds is 18. The van der Waals surface area contributed by atoms with Gasteiger partial charge in [-0.3, -0.25) is 4.79 Å². The zero-order chi connectivity index (χ0) is 19.0. The SMILES string of the molecule is CCCCCCCCCCCCCCCCCC(=O)C(C)(O)C(=O)[O-]. The monoisotopic (exact) mass is 355 g/mol. The van der Waals surface area contributed by atoms with Crippen molar-refractivity contribution < 1.29 is 19.8 Å². The molecule has 25 heavy (non-hydrogen) atoms. The second kappa shape index (κ2) is 15.4. The van der Waals surface area contributed by atoms with Crippen molar-refractivity contribution in [3.05, 3.63) is 0 Å². The van der Waals surface area contributed by atoms with Crippen LogP contribution in [0.25, 0.3) is 0 Å². The minimum absolute atomic E-state index is 0.110. The molecule has 1 N–H and O–H groups in total. The van der Waals surface area contributed by atoms with Gasteiger partial charge in [-0.1, -0.05) is 96.8 Å². The number of carbonyl (C=O) groups excluding carboxylic acids is 2. The predicted octanol–water partition coefficient (Wildman–Crippen LogP) is 4.32. The lowest BCUT2D eigenvalue weighted by Gasteiger charge is -2.22. The highest BCUT2D eigenvalue weighted by atomic mass is 16.4. The third kappa shape index (κ3) is 13.0. The minimum Gasteiger partial charge on any atom is -0.547 e. The van der Waals surface area contributed by atoms with E-state index in [2.05, 4.69) is 6.92 Å². The third-order valence-electron chi connectivity index (χ3n) is 4.95. The Labute approximate surface area is 154 Å². The van der Waals surface area contributed by atoms with Crippen LogP contribution in [0.3, 0.4) is 0 Å². The lowest BCUT2D eigenvalue weighted by Crippen LogP contribution is -2.51. The molecule has 0 aliphatic carbocycles. The molecule has 0 fully saturated rings. The molecule has 1 unspecified atom stereocenters. The van der Waals surface area contributed by atoms with Crippen LogP contribution in [-0.2, 0) is 9.59 Å². The van der Waals surface area contributed by atoms with Crippen LogP contribution in [0.2, 0.25) is 0 Å². The van der Waals surface area contributed by atoms with Crippen LogP contribution in [0.15, 0.2) is 0 Å². The number of Topliss-reactive ketones (excluding diaryl/α,β-unsaturated/α-hetero) is 1. The molecule has 0 aliphatic heterocycles. The highest BCUT2D eigenvalue weighted by molar-refractivity contribution is 6.04. The number of carboxylic acid groups (broad SMARTS) is 1. The summed E-state index contributed by atoms with van der Waals surface area (Å²) in [6, 6.07) is 0. The average Bonchev–Trinajstić information content (AvgIpc) is 2.57. The molecule has 0 heterocycles. The summed E-state index contributed by atoms with van der Waals surface area (Å²) < 4.78 is 0. The van der Waals surface area contributed by atoms with Gasteiger partial charge < -0.3 is 15.0 Å². The predicted molar refractivity (Wildman–Crippen MR) is 100 cm³/mol. The summed E-state index contributed by atoms with van der Waals surface area (Å²) in [4.78, 5) is 22.2. The number of unbranched alkanes of at least 4 members (excludes halogenated alkanes) is 14. The molecule has 148 valence electrons. The Morgan fingerprint density at radius 1 is 0.720 bits per heavy atom. The Kier molecular flexibility index (Phi) is 14.8. The molecule has 0 aliphatic rings. The molecule has 0 saturated heterocycles. The second-order valence-electron chi connectivity index (χ2n) is 7.48. The first kappa shape index (κ1) is 24.1. The summed E-state index contributed by atoms with van der Waals surface area (Å²) in [6.45, 7) is 3.25. The van der Waals surface area contributed by atoms with Crippen LogP contribution in [0.4, 0.5) is 0 Å². The molecule has 4 nitrogen and oxygen atoms in total. The van der Waals surface area contributed by atoms with Crippen LogP contribution < -0.4 is 5.11 Å². The molecule has 0 rings (SSSR count). The lowest BCUT2D eigenvalue weighted by atomic mass is 9.96. The second-order valence-corrected chi connectivity index (χ2v) is 7.48. The van der Waals surface area contributed by atoms with Gasteiger partial charge in [0.2, 0.25) is 0 Å². The van der Waals surface area contributed by atoms with Gasteiger partial charge in [0.1, 0.15) is 0 Å². The van der Waals surface area contributed by atoms with Crippen molar-refractivity contribution in [3.63, 3.8) is 0 Å². The topological polar surface area (TPSA) is 77.4 Å². The summed E-state index contributed by atoms with van der Waals surface area (Å²) in [5, 5.41) is 20.1. The summed E-state index contributed by atoms with van der Waals surface area (Å²) >= 11 is 0. The smallest absolute Gasteiger partial charge is 0.169 e. The van der Waals surface area contributed by atoms with Gasteiger partial charge in [-0.05, 0) is 13.3 Å². The van der Waals surface area contributed by atoms with E-state index in [0.29, 0.717) is 6.42 Å². The Morgan fingerprint density at radius 2 is 1.04 bits per heavy atom. The van der Waals surface area contributed by atoms with E-state index in [0.717, 1.165) is 19.8 Å². The molecular weight excluding hydrogens is 316 g/mol. The fourth-order valence-corrected chi connectivity index (χ4v) is 3.01. The molecule has 0 aromatic rings. The molecule has 1 atom stereocenters. The van der Waals surface area contributed by atoms with Gasteiger partial charge in [0.05, 0.1) is 5.97 Å². The summed E-state index contributed by atoms with van der Waals surface area (Å²) in [5.41, 5.74) is -2.34. The van der Waals surface area contributed by atoms with Crippen LogP contribution in [0.1, 0.15) is 117 Å². The number of hydrogen-bond acceptors (Lipinski definition) is 4. The van der Waals surface area contributed by atoms with Crippen molar-refractivity contribution >= 4 is 11.8 Å². The maximum absolute atomic E-state index is 11.6. The van der Waals surface area contributed by atoms with E-state index in [1.54, 1.807) is 0 Å². The molecule has 0 aromatic carbocycles. The normalized spacial score (nSPS) is 13.6.